The van der Waals surface area contributed by atoms with Gasteiger partial charge in [0.2, 0.25) is 0 Å². The van der Waals surface area contributed by atoms with Crippen molar-refractivity contribution in [2.45, 2.75) is 6.92 Å². The predicted molar refractivity (Wildman–Crippen MR) is 66.8 cm³/mol. The van der Waals surface area contributed by atoms with E-state index < -0.39 is 0 Å². The summed E-state index contributed by atoms with van der Waals surface area (Å²) < 4.78 is 6.61. The van der Waals surface area contributed by atoms with E-state index in [9.17, 15) is 0 Å². The minimum Gasteiger partial charge on any atom is -0.383 e. The predicted octanol–water partition coefficient (Wildman–Crippen LogP) is 3.35. The van der Waals surface area contributed by atoms with Crippen molar-refractivity contribution in [3.05, 3.63) is 29.6 Å². The van der Waals surface area contributed by atoms with E-state index in [0.29, 0.717) is 0 Å². The first-order valence-corrected chi connectivity index (χ1v) is 6.07. The van der Waals surface area contributed by atoms with Crippen molar-refractivity contribution in [2.24, 2.45) is 0 Å². The molecule has 0 aliphatic heterocycles. The Morgan fingerprint density at radius 1 is 1.33 bits per heavy atom. The Bertz CT molecular complexity index is 424. The SMILES string of the molecule is CCOCCNc1ccc2sccc2c1. The molecule has 1 aromatic carbocycles. The fraction of sp³-hybridized carbons (Fsp3) is 0.333. The normalized spacial score (nSPS) is 10.7. The van der Waals surface area contributed by atoms with Crippen LogP contribution in [0.4, 0.5) is 5.69 Å². The number of rotatable bonds is 5. The lowest BCUT2D eigenvalue weighted by Gasteiger charge is -2.06. The molecule has 0 aliphatic carbocycles. The Morgan fingerprint density at radius 2 is 2.27 bits per heavy atom. The molecule has 0 fully saturated rings. The van der Waals surface area contributed by atoms with Crippen molar-refractivity contribution in [1.29, 1.82) is 0 Å². The summed E-state index contributed by atoms with van der Waals surface area (Å²) in [7, 11) is 0. The molecule has 0 amide bonds. The van der Waals surface area contributed by atoms with Gasteiger partial charge in [-0.1, -0.05) is 0 Å². The van der Waals surface area contributed by atoms with Crippen LogP contribution in [-0.4, -0.2) is 19.8 Å². The number of hydrogen-bond donors (Lipinski definition) is 1. The highest BCUT2D eigenvalue weighted by molar-refractivity contribution is 7.17. The number of nitrogens with one attached hydrogen (secondary N) is 1. The van der Waals surface area contributed by atoms with Gasteiger partial charge in [-0.05, 0) is 42.0 Å². The molecule has 2 rings (SSSR count). The molecule has 0 saturated heterocycles. The van der Waals surface area contributed by atoms with Gasteiger partial charge in [-0.2, -0.15) is 0 Å². The van der Waals surface area contributed by atoms with E-state index in [1.165, 1.54) is 15.8 Å². The Labute approximate surface area is 93.9 Å². The summed E-state index contributed by atoms with van der Waals surface area (Å²) in [5.41, 5.74) is 1.17. The summed E-state index contributed by atoms with van der Waals surface area (Å²) in [6, 6.07) is 8.60. The van der Waals surface area contributed by atoms with E-state index in [2.05, 4.69) is 35.0 Å². The molecule has 3 heteroatoms. The second-order valence-corrected chi connectivity index (χ2v) is 4.24. The Morgan fingerprint density at radius 3 is 3.13 bits per heavy atom. The fourth-order valence-electron chi connectivity index (χ4n) is 1.49. The molecular weight excluding hydrogens is 206 g/mol. The van der Waals surface area contributed by atoms with Crippen molar-refractivity contribution in [1.82, 2.24) is 0 Å². The Balaban J connectivity index is 1.96. The van der Waals surface area contributed by atoms with Crippen molar-refractivity contribution >= 4 is 27.1 Å². The summed E-state index contributed by atoms with van der Waals surface area (Å²) in [4.78, 5) is 0. The standard InChI is InChI=1S/C12H15NOS/c1-2-14-7-6-13-11-3-4-12-10(9-11)5-8-15-12/h3-5,8-9,13H,2,6-7H2,1H3. The zero-order valence-electron chi connectivity index (χ0n) is 8.82. The zero-order valence-corrected chi connectivity index (χ0v) is 9.64. The molecule has 0 bridgehead atoms. The van der Waals surface area contributed by atoms with Gasteiger partial charge in [0.25, 0.3) is 0 Å². The first-order chi connectivity index (χ1) is 7.40. The van der Waals surface area contributed by atoms with Crippen molar-refractivity contribution in [3.63, 3.8) is 0 Å². The van der Waals surface area contributed by atoms with Crippen LogP contribution in [0.2, 0.25) is 0 Å². The third kappa shape index (κ3) is 2.70. The summed E-state index contributed by atoms with van der Waals surface area (Å²) >= 11 is 1.78. The Hall–Kier alpha value is -1.06. The zero-order chi connectivity index (χ0) is 10.5. The minimum absolute atomic E-state index is 0.762. The van der Waals surface area contributed by atoms with Crippen LogP contribution in [0.5, 0.6) is 0 Å². The molecule has 0 aliphatic rings. The summed E-state index contributed by atoms with van der Waals surface area (Å²) in [5, 5.41) is 6.77. The largest absolute Gasteiger partial charge is 0.383 e. The topological polar surface area (TPSA) is 21.3 Å². The average Bonchev–Trinajstić information content (AvgIpc) is 2.71. The average molecular weight is 221 g/mol. The van der Waals surface area contributed by atoms with Crippen molar-refractivity contribution in [3.8, 4) is 0 Å². The molecule has 1 N–H and O–H groups in total. The third-order valence-corrected chi connectivity index (χ3v) is 3.13. The van der Waals surface area contributed by atoms with E-state index in [4.69, 9.17) is 4.74 Å². The molecular formula is C12H15NOS. The second-order valence-electron chi connectivity index (χ2n) is 3.30. The first-order valence-electron chi connectivity index (χ1n) is 5.19. The molecule has 80 valence electrons. The number of anilines is 1. The number of thiophene rings is 1. The van der Waals surface area contributed by atoms with Gasteiger partial charge >= 0.3 is 0 Å². The summed E-state index contributed by atoms with van der Waals surface area (Å²) in [6.45, 7) is 4.42. The summed E-state index contributed by atoms with van der Waals surface area (Å²) in [5.74, 6) is 0. The third-order valence-electron chi connectivity index (χ3n) is 2.23. The lowest BCUT2D eigenvalue weighted by atomic mass is 10.2. The van der Waals surface area contributed by atoms with Crippen molar-refractivity contribution < 1.29 is 4.74 Å². The van der Waals surface area contributed by atoms with E-state index >= 15 is 0 Å². The number of benzene rings is 1. The van der Waals surface area contributed by atoms with E-state index in [1.54, 1.807) is 11.3 Å². The van der Waals surface area contributed by atoms with Crippen LogP contribution in [0.15, 0.2) is 29.6 Å². The number of ether oxygens (including phenoxy) is 1. The van der Waals surface area contributed by atoms with Crippen LogP contribution in [0, 0.1) is 0 Å². The van der Waals surface area contributed by atoms with Crippen LogP contribution in [-0.2, 0) is 4.74 Å². The van der Waals surface area contributed by atoms with Gasteiger partial charge in [0.05, 0.1) is 6.61 Å². The van der Waals surface area contributed by atoms with Crippen LogP contribution >= 0.6 is 11.3 Å². The second kappa shape index (κ2) is 5.14. The highest BCUT2D eigenvalue weighted by Gasteiger charge is 1.96. The monoisotopic (exact) mass is 221 g/mol. The summed E-state index contributed by atoms with van der Waals surface area (Å²) in [6.07, 6.45) is 0. The maximum absolute atomic E-state index is 5.27. The van der Waals surface area contributed by atoms with Gasteiger partial charge in [0, 0.05) is 23.5 Å². The molecule has 0 atom stereocenters. The fourth-order valence-corrected chi connectivity index (χ4v) is 2.26. The molecule has 0 unspecified atom stereocenters. The van der Waals surface area contributed by atoms with Gasteiger partial charge < -0.3 is 10.1 Å². The van der Waals surface area contributed by atoms with E-state index in [-0.39, 0.29) is 0 Å². The van der Waals surface area contributed by atoms with Crippen LogP contribution in [0.25, 0.3) is 10.1 Å². The molecule has 0 radical (unpaired) electrons. The highest BCUT2D eigenvalue weighted by atomic mass is 32.1. The first kappa shape index (κ1) is 10.5. The lowest BCUT2D eigenvalue weighted by Crippen LogP contribution is -2.08. The van der Waals surface area contributed by atoms with E-state index in [1.807, 2.05) is 6.92 Å². The molecule has 0 spiro atoms. The van der Waals surface area contributed by atoms with Gasteiger partial charge in [-0.3, -0.25) is 0 Å². The Kier molecular flexibility index (Phi) is 3.59. The molecule has 2 aromatic rings. The quantitative estimate of drug-likeness (QED) is 0.782. The molecule has 1 heterocycles. The maximum atomic E-state index is 5.27. The van der Waals surface area contributed by atoms with Gasteiger partial charge in [0.1, 0.15) is 0 Å². The molecule has 2 nitrogen and oxygen atoms in total. The smallest absolute Gasteiger partial charge is 0.0638 e. The van der Waals surface area contributed by atoms with Crippen LogP contribution in [0.3, 0.4) is 0 Å². The highest BCUT2D eigenvalue weighted by Crippen LogP contribution is 2.23. The molecule has 1 aromatic heterocycles. The number of hydrogen-bond acceptors (Lipinski definition) is 3. The molecule has 15 heavy (non-hydrogen) atoms. The molecule has 0 saturated carbocycles. The van der Waals surface area contributed by atoms with Crippen LogP contribution < -0.4 is 5.32 Å². The van der Waals surface area contributed by atoms with Gasteiger partial charge in [0.15, 0.2) is 0 Å². The van der Waals surface area contributed by atoms with Crippen molar-refractivity contribution in [2.75, 3.05) is 25.1 Å². The number of fused-ring (bicyclic) bond motifs is 1. The maximum Gasteiger partial charge on any atom is 0.0638 e. The van der Waals surface area contributed by atoms with Gasteiger partial charge in [-0.25, -0.2) is 0 Å². The minimum atomic E-state index is 0.762. The van der Waals surface area contributed by atoms with E-state index in [0.717, 1.165) is 19.8 Å². The van der Waals surface area contributed by atoms with Crippen LogP contribution in [0.1, 0.15) is 6.92 Å². The lowest BCUT2D eigenvalue weighted by molar-refractivity contribution is 0.158. The van der Waals surface area contributed by atoms with Gasteiger partial charge in [-0.15, -0.1) is 11.3 Å².